The van der Waals surface area contributed by atoms with E-state index >= 15 is 0 Å². The van der Waals surface area contributed by atoms with Crippen LogP contribution in [0, 0.1) is 11.3 Å². The van der Waals surface area contributed by atoms with Gasteiger partial charge in [-0.25, -0.2) is 8.42 Å². The normalized spacial score (nSPS) is 31.8. The topological polar surface area (TPSA) is 83.9 Å². The summed E-state index contributed by atoms with van der Waals surface area (Å²) in [5, 5.41) is 8.32. The van der Waals surface area contributed by atoms with E-state index in [1.807, 2.05) is 36.4 Å². The first-order valence-corrected chi connectivity index (χ1v) is 7.15. The van der Waals surface area contributed by atoms with Gasteiger partial charge in [-0.1, -0.05) is 37.3 Å². The zero-order valence-electron chi connectivity index (χ0n) is 9.50. The van der Waals surface area contributed by atoms with E-state index in [2.05, 4.69) is 0 Å². The summed E-state index contributed by atoms with van der Waals surface area (Å²) < 4.78 is 23.8. The molecule has 0 heterocycles. The molecule has 1 saturated carbocycles. The van der Waals surface area contributed by atoms with Gasteiger partial charge in [0.25, 0.3) is 0 Å². The average molecular weight is 250 g/mol. The number of nitrogens with two attached hydrogens (primary N) is 1. The summed E-state index contributed by atoms with van der Waals surface area (Å²) in [5.41, 5.74) is 5.44. The molecule has 0 unspecified atom stereocenters. The van der Waals surface area contributed by atoms with Gasteiger partial charge in [-0.05, 0) is 5.56 Å². The Hall–Kier alpha value is -1.38. The van der Waals surface area contributed by atoms with Crippen molar-refractivity contribution >= 4 is 9.84 Å². The van der Waals surface area contributed by atoms with E-state index in [1.54, 1.807) is 6.92 Å². The SMILES string of the molecule is CCS(=O)(=O)[C@@H]1[C@@H](c2ccccc2)[C@]1(N)C#N. The fraction of sp³-hybridized carbons (Fsp3) is 0.417. The van der Waals surface area contributed by atoms with E-state index in [-0.39, 0.29) is 5.75 Å². The fourth-order valence-corrected chi connectivity index (χ4v) is 4.17. The number of benzene rings is 1. The van der Waals surface area contributed by atoms with Crippen LogP contribution in [0.3, 0.4) is 0 Å². The second kappa shape index (κ2) is 3.83. The van der Waals surface area contributed by atoms with Crippen molar-refractivity contribution in [2.75, 3.05) is 5.75 Å². The van der Waals surface area contributed by atoms with Gasteiger partial charge >= 0.3 is 0 Å². The predicted octanol–water partition coefficient (Wildman–Crippen LogP) is 0.808. The lowest BCUT2D eigenvalue weighted by molar-refractivity contribution is 0.593. The van der Waals surface area contributed by atoms with Gasteiger partial charge in [0.2, 0.25) is 0 Å². The lowest BCUT2D eigenvalue weighted by Gasteiger charge is -1.99. The summed E-state index contributed by atoms with van der Waals surface area (Å²) in [5.74, 6) is -0.389. The Morgan fingerprint density at radius 3 is 2.47 bits per heavy atom. The number of hydrogen-bond donors (Lipinski definition) is 1. The zero-order chi connectivity index (χ0) is 12.7. The Balaban J connectivity index is 2.42. The number of hydrogen-bond acceptors (Lipinski definition) is 4. The molecule has 0 radical (unpaired) electrons. The minimum absolute atomic E-state index is 0.0155. The van der Waals surface area contributed by atoms with Crippen molar-refractivity contribution in [3.8, 4) is 6.07 Å². The molecule has 1 fully saturated rings. The Labute approximate surface area is 101 Å². The molecule has 3 atom stereocenters. The monoisotopic (exact) mass is 250 g/mol. The third-order valence-corrected chi connectivity index (χ3v) is 5.56. The minimum Gasteiger partial charge on any atom is -0.312 e. The van der Waals surface area contributed by atoms with Crippen LogP contribution >= 0.6 is 0 Å². The molecule has 4 nitrogen and oxygen atoms in total. The Bertz CT molecular complexity index is 562. The second-order valence-electron chi connectivity index (χ2n) is 4.31. The first kappa shape index (κ1) is 12.1. The number of rotatable bonds is 3. The minimum atomic E-state index is -3.29. The van der Waals surface area contributed by atoms with E-state index in [0.717, 1.165) is 5.56 Å². The second-order valence-corrected chi connectivity index (χ2v) is 6.72. The van der Waals surface area contributed by atoms with Crippen LogP contribution in [0.2, 0.25) is 0 Å². The number of sulfone groups is 1. The Kier molecular flexibility index (Phi) is 2.72. The molecule has 90 valence electrons. The molecule has 0 spiro atoms. The highest BCUT2D eigenvalue weighted by atomic mass is 32.2. The molecule has 2 rings (SSSR count). The van der Waals surface area contributed by atoms with Gasteiger partial charge in [0, 0.05) is 11.7 Å². The van der Waals surface area contributed by atoms with Crippen molar-refractivity contribution < 1.29 is 8.42 Å². The quantitative estimate of drug-likeness (QED) is 0.860. The van der Waals surface area contributed by atoms with Gasteiger partial charge in [-0.3, -0.25) is 0 Å². The molecule has 17 heavy (non-hydrogen) atoms. The molecular weight excluding hydrogens is 236 g/mol. The molecule has 0 saturated heterocycles. The van der Waals surface area contributed by atoms with Crippen molar-refractivity contribution in [2.24, 2.45) is 5.73 Å². The molecule has 5 heteroatoms. The van der Waals surface area contributed by atoms with E-state index in [0.29, 0.717) is 0 Å². The summed E-state index contributed by atoms with van der Waals surface area (Å²) >= 11 is 0. The van der Waals surface area contributed by atoms with Crippen molar-refractivity contribution in [3.63, 3.8) is 0 Å². The summed E-state index contributed by atoms with van der Waals surface area (Å²) in [6.45, 7) is 1.58. The van der Waals surface area contributed by atoms with Gasteiger partial charge in [-0.2, -0.15) is 5.26 Å². The first-order valence-electron chi connectivity index (χ1n) is 5.44. The average Bonchev–Trinajstić information content (AvgIpc) is 2.99. The van der Waals surface area contributed by atoms with Gasteiger partial charge in [0.05, 0.1) is 6.07 Å². The molecule has 1 aliphatic rings. The molecule has 0 amide bonds. The highest BCUT2D eigenvalue weighted by molar-refractivity contribution is 7.92. The van der Waals surface area contributed by atoms with Gasteiger partial charge in [0.15, 0.2) is 9.84 Å². The molecule has 0 bridgehead atoms. The maximum Gasteiger partial charge on any atom is 0.156 e. The third kappa shape index (κ3) is 1.74. The van der Waals surface area contributed by atoms with Crippen LogP contribution in [0.5, 0.6) is 0 Å². The van der Waals surface area contributed by atoms with Gasteiger partial charge < -0.3 is 5.73 Å². The first-order chi connectivity index (χ1) is 7.97. The van der Waals surface area contributed by atoms with Crippen LogP contribution < -0.4 is 5.73 Å². The summed E-state index contributed by atoms with van der Waals surface area (Å²) in [4.78, 5) is 0. The fourth-order valence-electron chi connectivity index (χ4n) is 2.30. The smallest absolute Gasteiger partial charge is 0.156 e. The maximum absolute atomic E-state index is 11.9. The van der Waals surface area contributed by atoms with Crippen molar-refractivity contribution in [1.82, 2.24) is 0 Å². The molecule has 0 aliphatic heterocycles. The summed E-state index contributed by atoms with van der Waals surface area (Å²) in [6, 6.07) is 11.1. The highest BCUT2D eigenvalue weighted by Crippen LogP contribution is 2.53. The molecule has 2 N–H and O–H groups in total. The van der Waals surface area contributed by atoms with Gasteiger partial charge in [-0.15, -0.1) is 0 Å². The zero-order valence-corrected chi connectivity index (χ0v) is 10.3. The highest BCUT2D eigenvalue weighted by Gasteiger charge is 2.69. The van der Waals surface area contributed by atoms with Crippen LogP contribution in [0.4, 0.5) is 0 Å². The summed E-state index contributed by atoms with van der Waals surface area (Å²) in [7, 11) is -3.29. The number of nitrogens with zero attached hydrogens (tertiary/aromatic N) is 1. The molecule has 1 aromatic rings. The van der Waals surface area contributed by atoms with Crippen molar-refractivity contribution in [3.05, 3.63) is 35.9 Å². The van der Waals surface area contributed by atoms with Crippen LogP contribution in [-0.4, -0.2) is 25.0 Å². The maximum atomic E-state index is 11.9. The Morgan fingerprint density at radius 2 is 2.00 bits per heavy atom. The Morgan fingerprint density at radius 1 is 1.41 bits per heavy atom. The van der Waals surface area contributed by atoms with Crippen LogP contribution in [0.1, 0.15) is 18.4 Å². The van der Waals surface area contributed by atoms with Crippen molar-refractivity contribution in [1.29, 1.82) is 5.26 Å². The molecule has 0 aromatic heterocycles. The largest absolute Gasteiger partial charge is 0.312 e. The molecule has 1 aromatic carbocycles. The molecule has 1 aliphatic carbocycles. The third-order valence-electron chi connectivity index (χ3n) is 3.32. The van der Waals surface area contributed by atoms with E-state index in [9.17, 15) is 8.42 Å². The predicted molar refractivity (Wildman–Crippen MR) is 65.0 cm³/mol. The van der Waals surface area contributed by atoms with Crippen LogP contribution in [-0.2, 0) is 9.84 Å². The van der Waals surface area contributed by atoms with E-state index in [1.165, 1.54) is 0 Å². The van der Waals surface area contributed by atoms with Crippen molar-refractivity contribution in [2.45, 2.75) is 23.6 Å². The standard InChI is InChI=1S/C12H14N2O2S/c1-2-17(15,16)11-10(12(11,14)8-13)9-6-4-3-5-7-9/h3-7,10-11H,2,14H2,1H3/t10-,11-,12-/m1/s1. The van der Waals surface area contributed by atoms with Gasteiger partial charge in [0.1, 0.15) is 10.8 Å². The van der Waals surface area contributed by atoms with Crippen LogP contribution in [0.25, 0.3) is 0 Å². The van der Waals surface area contributed by atoms with E-state index < -0.39 is 26.5 Å². The molecular formula is C12H14N2O2S. The lowest BCUT2D eigenvalue weighted by Crippen LogP contribution is -2.29. The van der Waals surface area contributed by atoms with Crippen LogP contribution in [0.15, 0.2) is 30.3 Å². The van der Waals surface area contributed by atoms with E-state index in [4.69, 9.17) is 11.0 Å². The summed E-state index contributed by atoms with van der Waals surface area (Å²) in [6.07, 6.45) is 0. The lowest BCUT2D eigenvalue weighted by atomic mass is 10.1. The number of nitriles is 1.